The van der Waals surface area contributed by atoms with Crippen LogP contribution in [0.3, 0.4) is 0 Å². The molecule has 0 amide bonds. The van der Waals surface area contributed by atoms with Gasteiger partial charge in [0.15, 0.2) is 0 Å². The van der Waals surface area contributed by atoms with Crippen LogP contribution in [0.15, 0.2) is 30.3 Å². The van der Waals surface area contributed by atoms with Crippen molar-refractivity contribution in [1.82, 2.24) is 0 Å². The molecule has 7 heteroatoms. The van der Waals surface area contributed by atoms with E-state index in [1.165, 1.54) is 0 Å². The van der Waals surface area contributed by atoms with E-state index in [-0.39, 0.29) is 0 Å². The highest BCUT2D eigenvalue weighted by Crippen LogP contribution is 2.40. The monoisotopic (exact) mass is 445 g/mol. The predicted octanol–water partition coefficient (Wildman–Crippen LogP) is 5.05. The second kappa shape index (κ2) is 9.07. The molecule has 0 bridgehead atoms. The van der Waals surface area contributed by atoms with Gasteiger partial charge in [0.05, 0.1) is 24.8 Å². The highest BCUT2D eigenvalue weighted by atomic mass is 35.5. The number of anilines is 1. The van der Waals surface area contributed by atoms with Crippen molar-refractivity contribution in [3.05, 3.63) is 46.5 Å². The summed E-state index contributed by atoms with van der Waals surface area (Å²) in [6, 6.07) is 9.79. The first kappa shape index (κ1) is 21.9. The molecule has 1 saturated carbocycles. The lowest BCUT2D eigenvalue weighted by Gasteiger charge is -2.35. The molecule has 2 fully saturated rings. The first-order valence-electron chi connectivity index (χ1n) is 10.6. The van der Waals surface area contributed by atoms with E-state index in [2.05, 4.69) is 5.32 Å². The molecular formula is C24H28ClNO5. The topological polar surface area (TPSA) is 77.0 Å². The lowest BCUT2D eigenvalue weighted by molar-refractivity contribution is -0.145. The molecule has 0 atom stereocenters. The van der Waals surface area contributed by atoms with E-state index in [1.54, 1.807) is 7.11 Å². The number of ether oxygens (including phenoxy) is 3. The molecule has 0 unspecified atom stereocenters. The van der Waals surface area contributed by atoms with Crippen LogP contribution in [0.2, 0.25) is 5.02 Å². The van der Waals surface area contributed by atoms with Crippen LogP contribution < -0.4 is 10.1 Å². The maximum absolute atomic E-state index is 12.1. The van der Waals surface area contributed by atoms with Crippen LogP contribution in [0.5, 0.6) is 5.75 Å². The van der Waals surface area contributed by atoms with Crippen molar-refractivity contribution >= 4 is 23.3 Å². The molecule has 4 rings (SSSR count). The molecule has 1 aliphatic carbocycles. The molecule has 2 aromatic rings. The van der Waals surface area contributed by atoms with Crippen molar-refractivity contribution < 1.29 is 24.1 Å². The van der Waals surface area contributed by atoms with Gasteiger partial charge in [-0.3, -0.25) is 0 Å². The van der Waals surface area contributed by atoms with Crippen molar-refractivity contribution in [3.63, 3.8) is 0 Å². The summed E-state index contributed by atoms with van der Waals surface area (Å²) >= 11 is 6.65. The number of aliphatic carboxylic acids is 1. The van der Waals surface area contributed by atoms with Gasteiger partial charge in [0.2, 0.25) is 0 Å². The van der Waals surface area contributed by atoms with Gasteiger partial charge >= 0.3 is 5.97 Å². The Labute approximate surface area is 187 Å². The van der Waals surface area contributed by atoms with Crippen molar-refractivity contribution in [3.8, 4) is 16.9 Å². The van der Waals surface area contributed by atoms with Crippen LogP contribution in [0.1, 0.15) is 36.8 Å². The zero-order valence-corrected chi connectivity index (χ0v) is 18.6. The van der Waals surface area contributed by atoms with Gasteiger partial charge in [0.25, 0.3) is 0 Å². The van der Waals surface area contributed by atoms with Gasteiger partial charge in [-0.25, -0.2) is 4.79 Å². The predicted molar refractivity (Wildman–Crippen MR) is 120 cm³/mol. The van der Waals surface area contributed by atoms with Gasteiger partial charge in [-0.05, 0) is 60.7 Å². The largest absolute Gasteiger partial charge is 0.495 e. The minimum absolute atomic E-state index is 0.299. The Kier molecular flexibility index (Phi) is 6.42. The van der Waals surface area contributed by atoms with Gasteiger partial charge in [-0.1, -0.05) is 17.7 Å². The molecule has 6 nitrogen and oxygen atoms in total. The summed E-state index contributed by atoms with van der Waals surface area (Å²) in [6.07, 6.45) is 3.29. The first-order chi connectivity index (χ1) is 14.9. The number of nitrogens with one attached hydrogen (secondary N) is 1. The Bertz CT molecular complexity index is 967. The summed E-state index contributed by atoms with van der Waals surface area (Å²) in [6.45, 7) is 3.28. The number of carbonyl (C=O) groups is 1. The molecule has 166 valence electrons. The van der Waals surface area contributed by atoms with Gasteiger partial charge in [-0.2, -0.15) is 0 Å². The molecule has 2 N–H and O–H groups in total. The minimum Gasteiger partial charge on any atom is -0.495 e. The Morgan fingerprint density at radius 3 is 2.61 bits per heavy atom. The molecule has 31 heavy (non-hydrogen) atoms. The number of carboxylic acid groups (broad SMARTS) is 1. The highest BCUT2D eigenvalue weighted by Gasteiger charge is 2.40. The highest BCUT2D eigenvalue weighted by molar-refractivity contribution is 6.35. The van der Waals surface area contributed by atoms with Crippen molar-refractivity contribution in [1.29, 1.82) is 0 Å². The maximum atomic E-state index is 12.1. The van der Waals surface area contributed by atoms with Crippen LogP contribution >= 0.6 is 11.6 Å². The average molecular weight is 446 g/mol. The normalized spacial score (nSPS) is 17.9. The second-order valence-corrected chi connectivity index (χ2v) is 8.71. The van der Waals surface area contributed by atoms with Crippen molar-refractivity contribution in [2.24, 2.45) is 0 Å². The number of carboxylic acids is 1. The third-order valence-corrected chi connectivity index (χ3v) is 6.33. The van der Waals surface area contributed by atoms with E-state index in [0.717, 1.165) is 40.8 Å². The van der Waals surface area contributed by atoms with E-state index in [0.29, 0.717) is 49.5 Å². The average Bonchev–Trinajstić information content (AvgIpc) is 3.59. The van der Waals surface area contributed by atoms with Crippen LogP contribution in [-0.4, -0.2) is 43.0 Å². The number of aryl methyl sites for hydroxylation is 1. The number of hydrogen-bond acceptors (Lipinski definition) is 5. The third kappa shape index (κ3) is 4.81. The van der Waals surface area contributed by atoms with E-state index in [1.807, 2.05) is 37.3 Å². The minimum atomic E-state index is -1.03. The summed E-state index contributed by atoms with van der Waals surface area (Å²) < 4.78 is 16.8. The van der Waals surface area contributed by atoms with E-state index in [4.69, 9.17) is 25.8 Å². The molecule has 1 saturated heterocycles. The summed E-state index contributed by atoms with van der Waals surface area (Å²) in [5.41, 5.74) is 3.54. The van der Waals surface area contributed by atoms with E-state index < -0.39 is 11.5 Å². The Morgan fingerprint density at radius 1 is 1.23 bits per heavy atom. The number of halogens is 1. The SMILES string of the molecule is COc1cc(C)cc(-c2ccc(NC3(C(=O)O)CCOCC3)cc2COC2CC2)c1Cl. The third-order valence-electron chi connectivity index (χ3n) is 5.94. The Hall–Kier alpha value is -2.28. The zero-order chi connectivity index (χ0) is 22.0. The van der Waals surface area contributed by atoms with Crippen LogP contribution in [0.25, 0.3) is 11.1 Å². The Morgan fingerprint density at radius 2 is 1.97 bits per heavy atom. The van der Waals surface area contributed by atoms with Crippen LogP contribution in [0, 0.1) is 6.92 Å². The molecule has 0 spiro atoms. The number of methoxy groups -OCH3 is 1. The van der Waals surface area contributed by atoms with Gasteiger partial charge in [0.1, 0.15) is 11.3 Å². The summed E-state index contributed by atoms with van der Waals surface area (Å²) in [5.74, 6) is -0.234. The standard InChI is InChI=1S/C24H28ClNO5/c1-15-11-20(22(25)21(12-15)29-2)19-6-3-17(13-16(19)14-31-18-4-5-18)26-24(23(27)28)7-9-30-10-8-24/h3,6,11-13,18,26H,4-5,7-10,14H2,1-2H3,(H,27,28). The van der Waals surface area contributed by atoms with Gasteiger partial charge in [-0.15, -0.1) is 0 Å². The Balaban J connectivity index is 1.71. The molecule has 1 aliphatic heterocycles. The van der Waals surface area contributed by atoms with Gasteiger partial charge < -0.3 is 24.6 Å². The summed E-state index contributed by atoms with van der Waals surface area (Å²) in [5, 5.41) is 13.7. The number of benzene rings is 2. The fourth-order valence-corrected chi connectivity index (χ4v) is 4.25. The quantitative estimate of drug-likeness (QED) is 0.592. The fourth-order valence-electron chi connectivity index (χ4n) is 3.96. The summed E-state index contributed by atoms with van der Waals surface area (Å²) in [4.78, 5) is 12.1. The van der Waals surface area contributed by atoms with E-state index >= 15 is 0 Å². The van der Waals surface area contributed by atoms with Crippen LogP contribution in [-0.2, 0) is 20.9 Å². The smallest absolute Gasteiger partial charge is 0.329 e. The molecule has 0 aromatic heterocycles. The molecule has 2 aromatic carbocycles. The first-order valence-corrected chi connectivity index (χ1v) is 11.0. The van der Waals surface area contributed by atoms with E-state index in [9.17, 15) is 9.90 Å². The van der Waals surface area contributed by atoms with Gasteiger partial charge in [0, 0.05) is 37.3 Å². The molecule has 1 heterocycles. The number of rotatable bonds is 8. The number of hydrogen-bond donors (Lipinski definition) is 2. The fraction of sp³-hybridized carbons (Fsp3) is 0.458. The molecular weight excluding hydrogens is 418 g/mol. The maximum Gasteiger partial charge on any atom is 0.329 e. The summed E-state index contributed by atoms with van der Waals surface area (Å²) in [7, 11) is 1.60. The van der Waals surface area contributed by atoms with Crippen molar-refractivity contribution in [2.45, 2.75) is 50.9 Å². The lowest BCUT2D eigenvalue weighted by atomic mass is 9.89. The zero-order valence-electron chi connectivity index (χ0n) is 17.9. The molecule has 2 aliphatic rings. The second-order valence-electron chi connectivity index (χ2n) is 8.34. The molecule has 0 radical (unpaired) electrons. The van der Waals surface area contributed by atoms with Crippen molar-refractivity contribution in [2.75, 3.05) is 25.6 Å². The lowest BCUT2D eigenvalue weighted by Crippen LogP contribution is -2.50. The van der Waals surface area contributed by atoms with Crippen LogP contribution in [0.4, 0.5) is 5.69 Å².